The third-order valence-electron chi connectivity index (χ3n) is 3.30. The summed E-state index contributed by atoms with van der Waals surface area (Å²) in [6, 6.07) is 4.89. The van der Waals surface area contributed by atoms with Gasteiger partial charge in [-0.2, -0.15) is 0 Å². The van der Waals surface area contributed by atoms with Crippen LogP contribution < -0.4 is 5.32 Å². The topological polar surface area (TPSA) is 41.6 Å². The molecule has 2 atom stereocenters. The van der Waals surface area contributed by atoms with Gasteiger partial charge in [0, 0.05) is 30.1 Å². The molecule has 0 radical (unpaired) electrons. The van der Waals surface area contributed by atoms with E-state index in [4.69, 9.17) is 4.74 Å². The Balaban J connectivity index is 1.82. The maximum absolute atomic E-state index is 12.0. The molecule has 1 unspecified atom stereocenters. The molecule has 1 saturated heterocycles. The summed E-state index contributed by atoms with van der Waals surface area (Å²) in [5, 5.41) is 5.68. The van der Waals surface area contributed by atoms with Gasteiger partial charge in [-0.05, 0) is 45.6 Å². The van der Waals surface area contributed by atoms with Crippen molar-refractivity contribution in [3.63, 3.8) is 0 Å². The van der Waals surface area contributed by atoms with Gasteiger partial charge in [-0.25, -0.2) is 4.79 Å². The van der Waals surface area contributed by atoms with Crippen LogP contribution in [-0.4, -0.2) is 35.7 Å². The number of nitrogens with one attached hydrogen (secondary N) is 1. The second-order valence-electron chi connectivity index (χ2n) is 6.32. The van der Waals surface area contributed by atoms with Gasteiger partial charge in [-0.15, -0.1) is 11.3 Å². The summed E-state index contributed by atoms with van der Waals surface area (Å²) in [5.74, 6) is 0. The summed E-state index contributed by atoms with van der Waals surface area (Å²) in [5.41, 5.74) is -0.424. The van der Waals surface area contributed by atoms with Crippen molar-refractivity contribution in [1.82, 2.24) is 10.2 Å². The second-order valence-corrected chi connectivity index (χ2v) is 7.30. The highest BCUT2D eigenvalue weighted by atomic mass is 32.1. The molecule has 0 bridgehead atoms. The molecule has 1 aromatic heterocycles. The van der Waals surface area contributed by atoms with E-state index in [9.17, 15) is 4.79 Å². The number of nitrogens with zero attached hydrogens (tertiary/aromatic N) is 1. The van der Waals surface area contributed by atoms with Gasteiger partial charge in [0.1, 0.15) is 5.60 Å². The van der Waals surface area contributed by atoms with Crippen molar-refractivity contribution in [1.29, 1.82) is 0 Å². The van der Waals surface area contributed by atoms with E-state index >= 15 is 0 Å². The van der Waals surface area contributed by atoms with Gasteiger partial charge in [0.05, 0.1) is 0 Å². The molecule has 112 valence electrons. The van der Waals surface area contributed by atoms with E-state index in [1.807, 2.05) is 20.8 Å². The zero-order valence-corrected chi connectivity index (χ0v) is 13.5. The fourth-order valence-corrected chi connectivity index (χ4v) is 3.11. The van der Waals surface area contributed by atoms with Crippen LogP contribution in [0.1, 0.15) is 45.0 Å². The average molecular weight is 296 g/mol. The molecular formula is C15H24N2O2S. The molecule has 2 heterocycles. The molecule has 1 aliphatic rings. The van der Waals surface area contributed by atoms with E-state index in [-0.39, 0.29) is 6.09 Å². The molecule has 0 aliphatic carbocycles. The van der Waals surface area contributed by atoms with E-state index in [1.54, 1.807) is 16.2 Å². The Morgan fingerprint density at radius 2 is 2.30 bits per heavy atom. The van der Waals surface area contributed by atoms with Crippen LogP contribution in [-0.2, 0) is 4.74 Å². The monoisotopic (exact) mass is 296 g/mol. The van der Waals surface area contributed by atoms with Gasteiger partial charge in [0.2, 0.25) is 0 Å². The Labute approximate surface area is 125 Å². The number of amides is 1. The fraction of sp³-hybridized carbons (Fsp3) is 0.667. The molecular weight excluding hydrogens is 272 g/mol. The summed E-state index contributed by atoms with van der Waals surface area (Å²) in [6.45, 7) is 9.36. The molecule has 0 saturated carbocycles. The number of carbonyl (C=O) groups is 1. The standard InChI is InChI=1S/C15H24N2O2S/c1-11(13-6-5-9-20-13)16-12-7-8-17(10-12)14(18)19-15(2,3)4/h5-6,9,11-12,16H,7-8,10H2,1-4H3/t11-,12?/m1/s1. The summed E-state index contributed by atoms with van der Waals surface area (Å²) in [6.07, 6.45) is 0.778. The van der Waals surface area contributed by atoms with E-state index in [1.165, 1.54) is 4.88 Å². The number of ether oxygens (including phenoxy) is 1. The average Bonchev–Trinajstić information content (AvgIpc) is 2.97. The molecule has 0 aromatic carbocycles. The smallest absolute Gasteiger partial charge is 0.410 e. The molecule has 1 aliphatic heterocycles. The van der Waals surface area contributed by atoms with Gasteiger partial charge in [-0.3, -0.25) is 0 Å². The molecule has 5 heteroatoms. The fourth-order valence-electron chi connectivity index (χ4n) is 2.36. The molecule has 4 nitrogen and oxygen atoms in total. The first-order valence-electron chi connectivity index (χ1n) is 7.12. The van der Waals surface area contributed by atoms with Gasteiger partial charge in [-0.1, -0.05) is 6.07 Å². The Hall–Kier alpha value is -1.07. The van der Waals surface area contributed by atoms with Crippen LogP contribution in [0.2, 0.25) is 0 Å². The SMILES string of the molecule is C[C@@H](NC1CCN(C(=O)OC(C)(C)C)C1)c1cccs1. The van der Waals surface area contributed by atoms with Gasteiger partial charge in [0.25, 0.3) is 0 Å². The summed E-state index contributed by atoms with van der Waals surface area (Å²) in [4.78, 5) is 15.1. The largest absolute Gasteiger partial charge is 0.444 e. The Bertz CT molecular complexity index is 439. The molecule has 1 amide bonds. The lowest BCUT2D eigenvalue weighted by atomic mass is 10.2. The van der Waals surface area contributed by atoms with Crippen molar-refractivity contribution in [3.8, 4) is 0 Å². The third-order valence-corrected chi connectivity index (χ3v) is 4.35. The van der Waals surface area contributed by atoms with Crippen molar-refractivity contribution in [2.24, 2.45) is 0 Å². The minimum Gasteiger partial charge on any atom is -0.444 e. The maximum atomic E-state index is 12.0. The van der Waals surface area contributed by atoms with E-state index in [0.717, 1.165) is 19.5 Å². The number of thiophene rings is 1. The van der Waals surface area contributed by atoms with Crippen LogP contribution in [0.25, 0.3) is 0 Å². The summed E-state index contributed by atoms with van der Waals surface area (Å²) >= 11 is 1.76. The molecule has 2 rings (SSSR count). The lowest BCUT2D eigenvalue weighted by Crippen LogP contribution is -2.38. The predicted octanol–water partition coefficient (Wildman–Crippen LogP) is 3.41. The second kappa shape index (κ2) is 6.14. The summed E-state index contributed by atoms with van der Waals surface area (Å²) in [7, 11) is 0. The molecule has 20 heavy (non-hydrogen) atoms. The number of hydrogen-bond acceptors (Lipinski definition) is 4. The number of likely N-dealkylation sites (tertiary alicyclic amines) is 1. The van der Waals surface area contributed by atoms with E-state index in [0.29, 0.717) is 12.1 Å². The third kappa shape index (κ3) is 4.21. The minimum atomic E-state index is -0.424. The van der Waals surface area contributed by atoms with E-state index < -0.39 is 5.60 Å². The first-order valence-corrected chi connectivity index (χ1v) is 8.00. The Morgan fingerprint density at radius 3 is 2.90 bits per heavy atom. The number of carbonyl (C=O) groups excluding carboxylic acids is 1. The van der Waals surface area contributed by atoms with Gasteiger partial charge in [0.15, 0.2) is 0 Å². The zero-order valence-electron chi connectivity index (χ0n) is 12.7. The maximum Gasteiger partial charge on any atom is 0.410 e. The van der Waals surface area contributed by atoms with Gasteiger partial charge >= 0.3 is 6.09 Å². The Morgan fingerprint density at radius 1 is 1.55 bits per heavy atom. The first kappa shape index (κ1) is 15.3. The highest BCUT2D eigenvalue weighted by molar-refractivity contribution is 7.10. The van der Waals surface area contributed by atoms with Crippen LogP contribution in [0, 0.1) is 0 Å². The van der Waals surface area contributed by atoms with Crippen LogP contribution in [0.4, 0.5) is 4.79 Å². The zero-order chi connectivity index (χ0) is 14.8. The highest BCUT2D eigenvalue weighted by Crippen LogP contribution is 2.21. The summed E-state index contributed by atoms with van der Waals surface area (Å²) < 4.78 is 5.41. The van der Waals surface area contributed by atoms with Crippen LogP contribution in [0.5, 0.6) is 0 Å². The molecule has 1 aromatic rings. The number of hydrogen-bond donors (Lipinski definition) is 1. The predicted molar refractivity (Wildman–Crippen MR) is 82.1 cm³/mol. The normalized spacial score (nSPS) is 21.0. The highest BCUT2D eigenvalue weighted by Gasteiger charge is 2.30. The van der Waals surface area contributed by atoms with Crippen LogP contribution >= 0.6 is 11.3 Å². The number of rotatable bonds is 3. The first-order chi connectivity index (χ1) is 9.35. The van der Waals surface area contributed by atoms with Crippen molar-refractivity contribution >= 4 is 17.4 Å². The van der Waals surface area contributed by atoms with E-state index in [2.05, 4.69) is 29.8 Å². The van der Waals surface area contributed by atoms with Crippen molar-refractivity contribution < 1.29 is 9.53 Å². The van der Waals surface area contributed by atoms with Gasteiger partial charge < -0.3 is 15.0 Å². The quantitative estimate of drug-likeness (QED) is 0.929. The Kier molecular flexibility index (Phi) is 4.70. The van der Waals surface area contributed by atoms with Crippen molar-refractivity contribution in [2.45, 2.75) is 51.8 Å². The van der Waals surface area contributed by atoms with Crippen LogP contribution in [0.15, 0.2) is 17.5 Å². The molecule has 1 fully saturated rings. The minimum absolute atomic E-state index is 0.203. The van der Waals surface area contributed by atoms with Crippen molar-refractivity contribution in [2.75, 3.05) is 13.1 Å². The molecule has 1 N–H and O–H groups in total. The lowest BCUT2D eigenvalue weighted by Gasteiger charge is -2.25. The lowest BCUT2D eigenvalue weighted by molar-refractivity contribution is 0.0290. The van der Waals surface area contributed by atoms with Crippen molar-refractivity contribution in [3.05, 3.63) is 22.4 Å². The van der Waals surface area contributed by atoms with Crippen LogP contribution in [0.3, 0.4) is 0 Å². The molecule has 0 spiro atoms.